The Kier molecular flexibility index (Phi) is 6.44. The Morgan fingerprint density at radius 3 is 2.21 bits per heavy atom. The highest BCUT2D eigenvalue weighted by molar-refractivity contribution is 5.95. The van der Waals surface area contributed by atoms with Crippen LogP contribution < -0.4 is 10.9 Å². The monoisotopic (exact) mass is 462 g/mol. The molecule has 33 heavy (non-hydrogen) atoms. The lowest BCUT2D eigenvalue weighted by molar-refractivity contribution is -0.144. The van der Waals surface area contributed by atoms with Gasteiger partial charge in [0.15, 0.2) is 0 Å². The Morgan fingerprint density at radius 2 is 1.64 bits per heavy atom. The van der Waals surface area contributed by atoms with Crippen LogP contribution in [0.4, 0.5) is 13.2 Å². The van der Waals surface area contributed by atoms with Crippen molar-refractivity contribution in [1.82, 2.24) is 30.4 Å². The standard InChI is InChI=1S/C22H25F3N6O2/c1-12-16(13(2)31-20(26-12)27-19(30-31)22(23,24)25)10-11-17(32)28-29-18(33)14-6-8-15(9-7-14)21(3,4)5/h6-9H,10-11H2,1-5H3,(H,28,32)(H,29,33). The van der Waals surface area contributed by atoms with Gasteiger partial charge in [-0.1, -0.05) is 32.9 Å². The van der Waals surface area contributed by atoms with Crippen molar-refractivity contribution >= 4 is 17.6 Å². The van der Waals surface area contributed by atoms with E-state index < -0.39 is 23.8 Å². The number of nitrogens with zero attached hydrogens (tertiary/aromatic N) is 4. The molecule has 3 rings (SSSR count). The highest BCUT2D eigenvalue weighted by Gasteiger charge is 2.37. The molecule has 0 radical (unpaired) electrons. The number of aromatic nitrogens is 4. The summed E-state index contributed by atoms with van der Waals surface area (Å²) in [5.41, 5.74) is 7.60. The van der Waals surface area contributed by atoms with Gasteiger partial charge >= 0.3 is 6.18 Å². The van der Waals surface area contributed by atoms with Gasteiger partial charge in [0.25, 0.3) is 17.5 Å². The molecule has 0 bridgehead atoms. The average molecular weight is 462 g/mol. The van der Waals surface area contributed by atoms with Crippen LogP contribution in [0.2, 0.25) is 0 Å². The largest absolute Gasteiger partial charge is 0.453 e. The number of alkyl halides is 3. The maximum atomic E-state index is 12.9. The van der Waals surface area contributed by atoms with Crippen LogP contribution in [0.1, 0.15) is 65.9 Å². The molecular weight excluding hydrogens is 437 g/mol. The quantitative estimate of drug-likeness (QED) is 0.579. The number of carbonyl (C=O) groups excluding carboxylic acids is 2. The van der Waals surface area contributed by atoms with Crippen LogP contribution in [-0.2, 0) is 22.8 Å². The summed E-state index contributed by atoms with van der Waals surface area (Å²) in [6, 6.07) is 7.09. The molecule has 11 heteroatoms. The Bertz CT molecular complexity index is 1190. The first-order valence-electron chi connectivity index (χ1n) is 10.3. The van der Waals surface area contributed by atoms with Crippen molar-refractivity contribution in [1.29, 1.82) is 0 Å². The summed E-state index contributed by atoms with van der Waals surface area (Å²) in [6.07, 6.45) is -4.50. The van der Waals surface area contributed by atoms with Crippen LogP contribution in [-0.4, -0.2) is 31.4 Å². The Labute approximate surface area is 188 Å². The van der Waals surface area contributed by atoms with Crippen LogP contribution in [0.5, 0.6) is 0 Å². The van der Waals surface area contributed by atoms with Crippen molar-refractivity contribution in [2.24, 2.45) is 0 Å². The van der Waals surface area contributed by atoms with E-state index in [4.69, 9.17) is 0 Å². The summed E-state index contributed by atoms with van der Waals surface area (Å²) in [5.74, 6) is -2.34. The van der Waals surface area contributed by atoms with Crippen molar-refractivity contribution in [3.05, 3.63) is 58.2 Å². The molecule has 2 aromatic heterocycles. The Morgan fingerprint density at radius 1 is 1.00 bits per heavy atom. The molecule has 176 valence electrons. The van der Waals surface area contributed by atoms with E-state index in [-0.39, 0.29) is 24.0 Å². The molecule has 0 unspecified atom stereocenters. The molecule has 0 fully saturated rings. The minimum Gasteiger partial charge on any atom is -0.273 e. The van der Waals surface area contributed by atoms with Gasteiger partial charge in [-0.3, -0.25) is 20.4 Å². The zero-order valence-corrected chi connectivity index (χ0v) is 19.0. The van der Waals surface area contributed by atoms with Crippen LogP contribution in [0.25, 0.3) is 5.78 Å². The molecule has 3 aromatic rings. The topological polar surface area (TPSA) is 101 Å². The van der Waals surface area contributed by atoms with Gasteiger partial charge < -0.3 is 0 Å². The van der Waals surface area contributed by atoms with Crippen LogP contribution >= 0.6 is 0 Å². The van der Waals surface area contributed by atoms with E-state index in [0.29, 0.717) is 22.5 Å². The lowest BCUT2D eigenvalue weighted by atomic mass is 9.87. The minimum absolute atomic E-state index is 0.0149. The molecule has 2 amide bonds. The third-order valence-electron chi connectivity index (χ3n) is 5.23. The van der Waals surface area contributed by atoms with Gasteiger partial charge in [-0.2, -0.15) is 18.2 Å². The first kappa shape index (κ1) is 24.1. The Balaban J connectivity index is 1.62. The fourth-order valence-corrected chi connectivity index (χ4v) is 3.31. The number of benzene rings is 1. The van der Waals surface area contributed by atoms with E-state index in [0.717, 1.165) is 10.1 Å². The van der Waals surface area contributed by atoms with Gasteiger partial charge in [-0.05, 0) is 48.9 Å². The van der Waals surface area contributed by atoms with E-state index in [9.17, 15) is 22.8 Å². The molecule has 0 atom stereocenters. The van der Waals surface area contributed by atoms with Crippen molar-refractivity contribution in [2.75, 3.05) is 0 Å². The highest BCUT2D eigenvalue weighted by Crippen LogP contribution is 2.27. The minimum atomic E-state index is -4.68. The number of carbonyl (C=O) groups is 2. The van der Waals surface area contributed by atoms with Crippen LogP contribution in [0.3, 0.4) is 0 Å². The molecule has 2 heterocycles. The number of hydrazine groups is 1. The van der Waals surface area contributed by atoms with Gasteiger partial charge in [-0.15, -0.1) is 5.10 Å². The second-order valence-corrected chi connectivity index (χ2v) is 8.74. The average Bonchev–Trinajstić information content (AvgIpc) is 3.16. The molecule has 1 aromatic carbocycles. The molecule has 2 N–H and O–H groups in total. The normalized spacial score (nSPS) is 12.1. The van der Waals surface area contributed by atoms with E-state index in [2.05, 4.69) is 46.7 Å². The maximum absolute atomic E-state index is 12.9. The van der Waals surface area contributed by atoms with Gasteiger partial charge in [-0.25, -0.2) is 9.50 Å². The predicted octanol–water partition coefficient (Wildman–Crippen LogP) is 3.45. The fourth-order valence-electron chi connectivity index (χ4n) is 3.31. The summed E-state index contributed by atoms with van der Waals surface area (Å²) < 4.78 is 39.7. The molecule has 0 aliphatic rings. The summed E-state index contributed by atoms with van der Waals surface area (Å²) in [4.78, 5) is 32.0. The first-order chi connectivity index (χ1) is 15.3. The van der Waals surface area contributed by atoms with Crippen molar-refractivity contribution < 1.29 is 22.8 Å². The van der Waals surface area contributed by atoms with Gasteiger partial charge in [0.05, 0.1) is 0 Å². The van der Waals surface area contributed by atoms with Crippen LogP contribution in [0, 0.1) is 13.8 Å². The lowest BCUT2D eigenvalue weighted by Crippen LogP contribution is -2.41. The third kappa shape index (κ3) is 5.47. The lowest BCUT2D eigenvalue weighted by Gasteiger charge is -2.19. The molecule has 0 aliphatic heterocycles. The number of nitrogens with one attached hydrogen (secondary N) is 2. The fraction of sp³-hybridized carbons (Fsp3) is 0.409. The van der Waals surface area contributed by atoms with Gasteiger partial charge in [0.1, 0.15) is 0 Å². The number of hydrogen-bond acceptors (Lipinski definition) is 5. The second kappa shape index (κ2) is 8.80. The smallest absolute Gasteiger partial charge is 0.273 e. The zero-order chi connectivity index (χ0) is 24.6. The molecular formula is C22H25F3N6O2. The number of halogens is 3. The van der Waals surface area contributed by atoms with Gasteiger partial charge in [0.2, 0.25) is 5.91 Å². The number of fused-ring (bicyclic) bond motifs is 1. The third-order valence-corrected chi connectivity index (χ3v) is 5.23. The number of hydrogen-bond donors (Lipinski definition) is 2. The molecule has 8 nitrogen and oxygen atoms in total. The summed E-state index contributed by atoms with van der Waals surface area (Å²) in [7, 11) is 0. The zero-order valence-electron chi connectivity index (χ0n) is 19.0. The molecule has 0 saturated heterocycles. The summed E-state index contributed by atoms with van der Waals surface area (Å²) in [6.45, 7) is 9.42. The van der Waals surface area contributed by atoms with Crippen molar-refractivity contribution in [2.45, 2.75) is 59.1 Å². The highest BCUT2D eigenvalue weighted by atomic mass is 19.4. The predicted molar refractivity (Wildman–Crippen MR) is 114 cm³/mol. The van der Waals surface area contributed by atoms with Crippen molar-refractivity contribution in [3.63, 3.8) is 0 Å². The first-order valence-corrected chi connectivity index (χ1v) is 10.3. The van der Waals surface area contributed by atoms with Crippen molar-refractivity contribution in [3.8, 4) is 0 Å². The van der Waals surface area contributed by atoms with E-state index in [1.807, 2.05) is 12.1 Å². The van der Waals surface area contributed by atoms with Crippen LogP contribution in [0.15, 0.2) is 24.3 Å². The van der Waals surface area contributed by atoms with Gasteiger partial charge in [0, 0.05) is 23.4 Å². The summed E-state index contributed by atoms with van der Waals surface area (Å²) in [5, 5.41) is 3.49. The molecule has 0 aliphatic carbocycles. The molecule has 0 spiro atoms. The van der Waals surface area contributed by atoms with E-state index in [1.54, 1.807) is 26.0 Å². The Hall–Kier alpha value is -3.50. The number of rotatable bonds is 4. The maximum Gasteiger partial charge on any atom is 0.453 e. The summed E-state index contributed by atoms with van der Waals surface area (Å²) >= 11 is 0. The van der Waals surface area contributed by atoms with E-state index in [1.165, 1.54) is 0 Å². The number of aryl methyl sites for hydroxylation is 2. The van der Waals surface area contributed by atoms with E-state index >= 15 is 0 Å². The molecule has 0 saturated carbocycles. The second-order valence-electron chi connectivity index (χ2n) is 8.74. The number of amides is 2. The SMILES string of the molecule is Cc1nc2nc(C(F)(F)F)nn2c(C)c1CCC(=O)NNC(=O)c1ccc(C(C)(C)C)cc1.